The fourth-order valence-corrected chi connectivity index (χ4v) is 4.41. The predicted molar refractivity (Wildman–Crippen MR) is 124 cm³/mol. The molecule has 0 unspecified atom stereocenters. The molecule has 7 nitrogen and oxygen atoms in total. The van der Waals surface area contributed by atoms with Crippen LogP contribution in [0.4, 0.5) is 4.79 Å². The number of rotatable bonds is 8. The van der Waals surface area contributed by atoms with Gasteiger partial charge < -0.3 is 20.4 Å². The van der Waals surface area contributed by atoms with Crippen LogP contribution in [0.15, 0.2) is 24.3 Å². The first-order valence-electron chi connectivity index (χ1n) is 11.9. The summed E-state index contributed by atoms with van der Waals surface area (Å²) in [6.07, 6.45) is 2.43. The van der Waals surface area contributed by atoms with Crippen molar-refractivity contribution in [1.29, 1.82) is 0 Å². The summed E-state index contributed by atoms with van der Waals surface area (Å²) in [6, 6.07) is 8.38. The maximum Gasteiger partial charge on any atom is 0.317 e. The molecular formula is C24H39N5O2. The normalized spacial score (nSPS) is 18.7. The average Bonchev–Trinajstić information content (AvgIpc) is 2.82. The molecule has 0 bridgehead atoms. The number of piperazine rings is 1. The molecule has 0 saturated carbocycles. The fourth-order valence-electron chi connectivity index (χ4n) is 4.41. The summed E-state index contributed by atoms with van der Waals surface area (Å²) < 4.78 is 0. The molecule has 2 N–H and O–H groups in total. The van der Waals surface area contributed by atoms with E-state index in [1.165, 1.54) is 11.1 Å². The molecule has 31 heavy (non-hydrogen) atoms. The molecule has 2 heterocycles. The largest absolute Gasteiger partial charge is 0.356 e. The van der Waals surface area contributed by atoms with E-state index in [1.807, 2.05) is 11.0 Å². The minimum absolute atomic E-state index is 0.0289. The van der Waals surface area contributed by atoms with Gasteiger partial charge in [0.15, 0.2) is 0 Å². The minimum Gasteiger partial charge on any atom is -0.356 e. The lowest BCUT2D eigenvalue weighted by Gasteiger charge is -2.34. The van der Waals surface area contributed by atoms with Crippen molar-refractivity contribution in [2.45, 2.75) is 46.2 Å². The maximum atomic E-state index is 12.7. The lowest BCUT2D eigenvalue weighted by atomic mass is 9.96. The number of carbonyl (C=O) groups is 2. The molecule has 0 atom stereocenters. The van der Waals surface area contributed by atoms with Gasteiger partial charge in [-0.1, -0.05) is 38.1 Å². The zero-order valence-electron chi connectivity index (χ0n) is 19.2. The summed E-state index contributed by atoms with van der Waals surface area (Å²) in [5.41, 5.74) is 2.47. The molecule has 172 valence electrons. The van der Waals surface area contributed by atoms with Gasteiger partial charge in [0, 0.05) is 64.8 Å². The molecule has 2 aliphatic rings. The highest BCUT2D eigenvalue weighted by atomic mass is 16.2. The number of piperidine rings is 1. The van der Waals surface area contributed by atoms with E-state index in [0.29, 0.717) is 19.6 Å². The predicted octanol–water partition coefficient (Wildman–Crippen LogP) is 2.27. The molecule has 2 saturated heterocycles. The topological polar surface area (TPSA) is 67.9 Å². The Balaban J connectivity index is 1.45. The Morgan fingerprint density at radius 1 is 0.903 bits per heavy atom. The number of benzene rings is 1. The highest BCUT2D eigenvalue weighted by Gasteiger charge is 2.27. The first kappa shape index (κ1) is 23.5. The zero-order chi connectivity index (χ0) is 22.1. The Kier molecular flexibility index (Phi) is 9.15. The van der Waals surface area contributed by atoms with E-state index < -0.39 is 0 Å². The van der Waals surface area contributed by atoms with Gasteiger partial charge in [0.25, 0.3) is 0 Å². The summed E-state index contributed by atoms with van der Waals surface area (Å²) in [7, 11) is 0. The Morgan fingerprint density at radius 2 is 1.55 bits per heavy atom. The zero-order valence-corrected chi connectivity index (χ0v) is 19.2. The van der Waals surface area contributed by atoms with Crippen molar-refractivity contribution >= 4 is 11.9 Å². The first-order valence-corrected chi connectivity index (χ1v) is 11.9. The van der Waals surface area contributed by atoms with Crippen LogP contribution in [-0.2, 0) is 17.9 Å². The van der Waals surface area contributed by atoms with Crippen molar-refractivity contribution in [1.82, 2.24) is 25.3 Å². The highest BCUT2D eigenvalue weighted by molar-refractivity contribution is 5.79. The van der Waals surface area contributed by atoms with E-state index in [1.54, 1.807) is 0 Å². The van der Waals surface area contributed by atoms with Crippen molar-refractivity contribution in [3.63, 3.8) is 0 Å². The van der Waals surface area contributed by atoms with Gasteiger partial charge in [-0.3, -0.25) is 9.69 Å². The number of nitrogens with zero attached hydrogens (tertiary/aromatic N) is 3. The van der Waals surface area contributed by atoms with Crippen molar-refractivity contribution in [2.24, 2.45) is 5.92 Å². The lowest BCUT2D eigenvalue weighted by Crippen LogP contribution is -2.47. The van der Waals surface area contributed by atoms with Gasteiger partial charge in [-0.15, -0.1) is 0 Å². The first-order chi connectivity index (χ1) is 15.1. The van der Waals surface area contributed by atoms with Gasteiger partial charge in [0.2, 0.25) is 5.91 Å². The van der Waals surface area contributed by atoms with E-state index in [9.17, 15) is 9.59 Å². The molecule has 1 aromatic carbocycles. The van der Waals surface area contributed by atoms with Crippen LogP contribution < -0.4 is 10.6 Å². The number of hydrogen-bond acceptors (Lipinski definition) is 4. The Morgan fingerprint density at radius 3 is 2.19 bits per heavy atom. The summed E-state index contributed by atoms with van der Waals surface area (Å²) in [5, 5.41) is 6.07. The SMILES string of the molecule is CCCNC(=O)C1CCN(C(=O)NCc2ccccc2CN2CCN(CC)CC2)CC1. The quantitative estimate of drug-likeness (QED) is 0.665. The van der Waals surface area contributed by atoms with Crippen LogP contribution in [0.1, 0.15) is 44.2 Å². The number of hydrogen-bond donors (Lipinski definition) is 2. The average molecular weight is 430 g/mol. The Bertz CT molecular complexity index is 710. The molecule has 2 aliphatic heterocycles. The van der Waals surface area contributed by atoms with E-state index in [4.69, 9.17) is 0 Å². The molecular weight excluding hydrogens is 390 g/mol. The van der Waals surface area contributed by atoms with Crippen LogP contribution in [0.3, 0.4) is 0 Å². The third-order valence-electron chi connectivity index (χ3n) is 6.56. The van der Waals surface area contributed by atoms with E-state index in [-0.39, 0.29) is 17.9 Å². The van der Waals surface area contributed by atoms with Crippen LogP contribution in [0.25, 0.3) is 0 Å². The summed E-state index contributed by atoms with van der Waals surface area (Å²) in [6.45, 7) is 13.3. The number of amides is 3. The van der Waals surface area contributed by atoms with Crippen LogP contribution >= 0.6 is 0 Å². The van der Waals surface area contributed by atoms with Gasteiger partial charge in [0.1, 0.15) is 0 Å². The molecule has 3 rings (SSSR count). The Labute approximate surface area is 187 Å². The van der Waals surface area contributed by atoms with Crippen LogP contribution in [0.5, 0.6) is 0 Å². The van der Waals surface area contributed by atoms with E-state index in [2.05, 4.69) is 52.5 Å². The molecule has 3 amide bonds. The third-order valence-corrected chi connectivity index (χ3v) is 6.56. The van der Waals surface area contributed by atoms with E-state index >= 15 is 0 Å². The van der Waals surface area contributed by atoms with Crippen LogP contribution in [0, 0.1) is 5.92 Å². The second kappa shape index (κ2) is 12.1. The molecule has 0 radical (unpaired) electrons. The number of likely N-dealkylation sites (tertiary alicyclic amines) is 1. The van der Waals surface area contributed by atoms with Gasteiger partial charge in [-0.2, -0.15) is 0 Å². The van der Waals surface area contributed by atoms with Crippen LogP contribution in [-0.4, -0.2) is 79.0 Å². The van der Waals surface area contributed by atoms with Gasteiger partial charge in [-0.05, 0) is 36.9 Å². The van der Waals surface area contributed by atoms with Gasteiger partial charge >= 0.3 is 6.03 Å². The highest BCUT2D eigenvalue weighted by Crippen LogP contribution is 2.18. The minimum atomic E-state index is -0.0289. The fraction of sp³-hybridized carbons (Fsp3) is 0.667. The lowest BCUT2D eigenvalue weighted by molar-refractivity contribution is -0.126. The maximum absolute atomic E-state index is 12.7. The monoisotopic (exact) mass is 429 g/mol. The summed E-state index contributed by atoms with van der Waals surface area (Å²) >= 11 is 0. The van der Waals surface area contributed by atoms with E-state index in [0.717, 1.165) is 65.1 Å². The Hall–Kier alpha value is -2.12. The molecule has 0 aromatic heterocycles. The van der Waals surface area contributed by atoms with Crippen molar-refractivity contribution in [3.05, 3.63) is 35.4 Å². The van der Waals surface area contributed by atoms with Crippen molar-refractivity contribution in [3.8, 4) is 0 Å². The van der Waals surface area contributed by atoms with Crippen LogP contribution in [0.2, 0.25) is 0 Å². The number of carbonyl (C=O) groups excluding carboxylic acids is 2. The van der Waals surface area contributed by atoms with Crippen molar-refractivity contribution < 1.29 is 9.59 Å². The summed E-state index contributed by atoms with van der Waals surface area (Å²) in [5.74, 6) is 0.167. The number of urea groups is 1. The smallest absolute Gasteiger partial charge is 0.317 e. The van der Waals surface area contributed by atoms with Gasteiger partial charge in [-0.25, -0.2) is 4.79 Å². The second-order valence-electron chi connectivity index (χ2n) is 8.69. The molecule has 2 fully saturated rings. The molecule has 7 heteroatoms. The van der Waals surface area contributed by atoms with Crippen molar-refractivity contribution in [2.75, 3.05) is 52.4 Å². The molecule has 0 aliphatic carbocycles. The molecule has 1 aromatic rings. The van der Waals surface area contributed by atoms with Gasteiger partial charge in [0.05, 0.1) is 0 Å². The summed E-state index contributed by atoms with van der Waals surface area (Å²) in [4.78, 5) is 31.7. The molecule has 0 spiro atoms. The third kappa shape index (κ3) is 6.94. The number of likely N-dealkylation sites (N-methyl/N-ethyl adjacent to an activating group) is 1. The second-order valence-corrected chi connectivity index (χ2v) is 8.69. The number of nitrogens with one attached hydrogen (secondary N) is 2. The standard InChI is InChI=1S/C24H39N5O2/c1-3-11-25-23(30)20-9-12-29(13-10-20)24(31)26-18-21-7-5-6-8-22(21)19-28-16-14-27(4-2)15-17-28/h5-8,20H,3-4,9-19H2,1-2H3,(H,25,30)(H,26,31).